The van der Waals surface area contributed by atoms with Crippen LogP contribution in [-0.2, 0) is 5.54 Å². The highest BCUT2D eigenvalue weighted by Gasteiger charge is 2.17. The minimum absolute atomic E-state index is 0.368. The zero-order valence-electron chi connectivity index (χ0n) is 13.3. The van der Waals surface area contributed by atoms with Crippen LogP contribution in [-0.4, -0.2) is 11.6 Å². The SMILES string of the molecule is CCCOc1ccc(-c2ccc(C(C)(C)N)c(C)n2)cc1. The quantitative estimate of drug-likeness (QED) is 0.901. The maximum absolute atomic E-state index is 6.16. The summed E-state index contributed by atoms with van der Waals surface area (Å²) in [6.45, 7) is 8.85. The average Bonchev–Trinajstić information content (AvgIpc) is 2.44. The monoisotopic (exact) mass is 284 g/mol. The Balaban J connectivity index is 2.24. The molecular formula is C18H24N2O. The van der Waals surface area contributed by atoms with E-state index in [-0.39, 0.29) is 5.54 Å². The topological polar surface area (TPSA) is 48.1 Å². The van der Waals surface area contributed by atoms with Crippen molar-refractivity contribution in [2.75, 3.05) is 6.61 Å². The van der Waals surface area contributed by atoms with Gasteiger partial charge in [0.2, 0.25) is 0 Å². The van der Waals surface area contributed by atoms with E-state index in [9.17, 15) is 0 Å². The first-order chi connectivity index (χ1) is 9.91. The van der Waals surface area contributed by atoms with Gasteiger partial charge in [0.05, 0.1) is 12.3 Å². The lowest BCUT2D eigenvalue weighted by molar-refractivity contribution is 0.317. The summed E-state index contributed by atoms with van der Waals surface area (Å²) >= 11 is 0. The fourth-order valence-corrected chi connectivity index (χ4v) is 2.34. The Morgan fingerprint density at radius 2 is 1.76 bits per heavy atom. The molecule has 1 aromatic heterocycles. The number of hydrogen-bond donors (Lipinski definition) is 1. The molecule has 0 atom stereocenters. The molecule has 1 aromatic carbocycles. The van der Waals surface area contributed by atoms with E-state index in [1.165, 1.54) is 0 Å². The van der Waals surface area contributed by atoms with E-state index in [4.69, 9.17) is 10.5 Å². The van der Waals surface area contributed by atoms with Crippen LogP contribution in [0.25, 0.3) is 11.3 Å². The molecule has 2 rings (SSSR count). The number of ether oxygens (including phenoxy) is 1. The summed E-state index contributed by atoms with van der Waals surface area (Å²) in [7, 11) is 0. The van der Waals surface area contributed by atoms with Crippen LogP contribution in [0.3, 0.4) is 0 Å². The summed E-state index contributed by atoms with van der Waals surface area (Å²) < 4.78 is 5.60. The molecule has 0 saturated heterocycles. The molecular weight excluding hydrogens is 260 g/mol. The molecule has 2 aromatic rings. The molecule has 0 amide bonds. The summed E-state index contributed by atoms with van der Waals surface area (Å²) in [5.41, 5.74) is 9.89. The van der Waals surface area contributed by atoms with Crippen molar-refractivity contribution in [3.63, 3.8) is 0 Å². The molecule has 0 aliphatic carbocycles. The fraction of sp³-hybridized carbons (Fsp3) is 0.389. The lowest BCUT2D eigenvalue weighted by Crippen LogP contribution is -2.29. The van der Waals surface area contributed by atoms with Gasteiger partial charge in [-0.2, -0.15) is 0 Å². The van der Waals surface area contributed by atoms with Gasteiger partial charge in [0.15, 0.2) is 0 Å². The molecule has 0 aliphatic heterocycles. The number of hydrogen-bond acceptors (Lipinski definition) is 3. The molecule has 21 heavy (non-hydrogen) atoms. The van der Waals surface area contributed by atoms with E-state index in [1.807, 2.05) is 51.1 Å². The van der Waals surface area contributed by atoms with Crippen LogP contribution >= 0.6 is 0 Å². The van der Waals surface area contributed by atoms with E-state index >= 15 is 0 Å². The van der Waals surface area contributed by atoms with Crippen LogP contribution in [0.2, 0.25) is 0 Å². The minimum atomic E-state index is -0.368. The third-order valence-electron chi connectivity index (χ3n) is 3.40. The van der Waals surface area contributed by atoms with Crippen LogP contribution in [0.5, 0.6) is 5.75 Å². The maximum Gasteiger partial charge on any atom is 0.119 e. The highest BCUT2D eigenvalue weighted by molar-refractivity contribution is 5.60. The molecule has 0 unspecified atom stereocenters. The van der Waals surface area contributed by atoms with Crippen molar-refractivity contribution < 1.29 is 4.74 Å². The third-order valence-corrected chi connectivity index (χ3v) is 3.40. The average molecular weight is 284 g/mol. The maximum atomic E-state index is 6.16. The number of aryl methyl sites for hydroxylation is 1. The molecule has 0 bridgehead atoms. The van der Waals surface area contributed by atoms with Gasteiger partial charge in [-0.3, -0.25) is 4.98 Å². The summed E-state index contributed by atoms with van der Waals surface area (Å²) in [5.74, 6) is 0.900. The van der Waals surface area contributed by atoms with Crippen molar-refractivity contribution in [1.82, 2.24) is 4.98 Å². The number of nitrogens with two attached hydrogens (primary N) is 1. The molecule has 1 heterocycles. The molecule has 0 fully saturated rings. The van der Waals surface area contributed by atoms with Crippen LogP contribution < -0.4 is 10.5 Å². The van der Waals surface area contributed by atoms with Crippen molar-refractivity contribution in [2.45, 2.75) is 39.7 Å². The lowest BCUT2D eigenvalue weighted by atomic mass is 9.93. The van der Waals surface area contributed by atoms with E-state index in [1.54, 1.807) is 0 Å². The number of benzene rings is 1. The van der Waals surface area contributed by atoms with Crippen molar-refractivity contribution in [3.05, 3.63) is 47.7 Å². The number of pyridine rings is 1. The predicted molar refractivity (Wildman–Crippen MR) is 87.4 cm³/mol. The van der Waals surface area contributed by atoms with Crippen molar-refractivity contribution in [2.24, 2.45) is 5.73 Å². The highest BCUT2D eigenvalue weighted by atomic mass is 16.5. The number of rotatable bonds is 5. The second kappa shape index (κ2) is 6.27. The molecule has 3 nitrogen and oxygen atoms in total. The van der Waals surface area contributed by atoms with E-state index in [0.29, 0.717) is 0 Å². The second-order valence-corrected chi connectivity index (χ2v) is 5.92. The summed E-state index contributed by atoms with van der Waals surface area (Å²) in [6, 6.07) is 12.2. The van der Waals surface area contributed by atoms with Crippen molar-refractivity contribution in [3.8, 4) is 17.0 Å². The Labute approximate surface area is 127 Å². The highest BCUT2D eigenvalue weighted by Crippen LogP contribution is 2.25. The van der Waals surface area contributed by atoms with Gasteiger partial charge in [0, 0.05) is 16.8 Å². The smallest absolute Gasteiger partial charge is 0.119 e. The minimum Gasteiger partial charge on any atom is -0.494 e. The third kappa shape index (κ3) is 3.82. The second-order valence-electron chi connectivity index (χ2n) is 5.92. The van der Waals surface area contributed by atoms with Gasteiger partial charge in [-0.25, -0.2) is 0 Å². The summed E-state index contributed by atoms with van der Waals surface area (Å²) in [6.07, 6.45) is 1.01. The van der Waals surface area contributed by atoms with E-state index < -0.39 is 0 Å². The first kappa shape index (κ1) is 15.5. The Hall–Kier alpha value is -1.87. The number of aromatic nitrogens is 1. The molecule has 0 saturated carbocycles. The zero-order chi connectivity index (χ0) is 15.5. The Morgan fingerprint density at radius 1 is 1.10 bits per heavy atom. The first-order valence-electron chi connectivity index (χ1n) is 7.42. The van der Waals surface area contributed by atoms with Gasteiger partial charge in [-0.1, -0.05) is 13.0 Å². The molecule has 112 valence electrons. The predicted octanol–water partition coefficient (Wildman–Crippen LogP) is 4.04. The first-order valence-corrected chi connectivity index (χ1v) is 7.42. The van der Waals surface area contributed by atoms with Crippen LogP contribution in [0.1, 0.15) is 38.4 Å². The summed E-state index contributed by atoms with van der Waals surface area (Å²) in [4.78, 5) is 4.68. The van der Waals surface area contributed by atoms with Gasteiger partial charge in [0.25, 0.3) is 0 Å². The van der Waals surface area contributed by atoms with Crippen LogP contribution in [0, 0.1) is 6.92 Å². The molecule has 0 spiro atoms. The van der Waals surface area contributed by atoms with Gasteiger partial charge in [-0.15, -0.1) is 0 Å². The Bertz CT molecular complexity index is 598. The van der Waals surface area contributed by atoms with E-state index in [0.717, 1.165) is 41.3 Å². The van der Waals surface area contributed by atoms with E-state index in [2.05, 4.69) is 18.0 Å². The molecule has 3 heteroatoms. The largest absolute Gasteiger partial charge is 0.494 e. The van der Waals surface area contributed by atoms with Crippen LogP contribution in [0.15, 0.2) is 36.4 Å². The normalized spacial score (nSPS) is 11.5. The van der Waals surface area contributed by atoms with Gasteiger partial charge >= 0.3 is 0 Å². The zero-order valence-corrected chi connectivity index (χ0v) is 13.3. The number of nitrogens with zero attached hydrogens (tertiary/aromatic N) is 1. The molecule has 0 radical (unpaired) electrons. The fourth-order valence-electron chi connectivity index (χ4n) is 2.34. The Morgan fingerprint density at radius 3 is 2.29 bits per heavy atom. The summed E-state index contributed by atoms with van der Waals surface area (Å²) in [5, 5.41) is 0. The van der Waals surface area contributed by atoms with Crippen LogP contribution in [0.4, 0.5) is 0 Å². The van der Waals surface area contributed by atoms with Gasteiger partial charge in [-0.05, 0) is 63.1 Å². The van der Waals surface area contributed by atoms with Crippen molar-refractivity contribution >= 4 is 0 Å². The van der Waals surface area contributed by atoms with Crippen molar-refractivity contribution in [1.29, 1.82) is 0 Å². The molecule has 2 N–H and O–H groups in total. The van der Waals surface area contributed by atoms with Gasteiger partial charge in [0.1, 0.15) is 5.75 Å². The standard InChI is InChI=1S/C18H24N2O/c1-5-12-21-15-8-6-14(7-9-15)17-11-10-16(13(2)20-17)18(3,4)19/h6-11H,5,12,19H2,1-4H3. The Kier molecular flexibility index (Phi) is 4.63. The lowest BCUT2D eigenvalue weighted by Gasteiger charge is -2.21. The van der Waals surface area contributed by atoms with Gasteiger partial charge < -0.3 is 10.5 Å². The molecule has 0 aliphatic rings.